The van der Waals surface area contributed by atoms with Crippen molar-refractivity contribution in [1.29, 1.82) is 0 Å². The van der Waals surface area contributed by atoms with Gasteiger partial charge in [0.1, 0.15) is 5.15 Å². The van der Waals surface area contributed by atoms with Crippen LogP contribution in [0.1, 0.15) is 13.8 Å². The fraction of sp³-hybridized carbons (Fsp3) is 0.300. The summed E-state index contributed by atoms with van der Waals surface area (Å²) in [6.07, 6.45) is 6.53. The molecule has 0 aliphatic carbocycles. The first-order valence-electron chi connectivity index (χ1n) is 4.40. The van der Waals surface area contributed by atoms with E-state index in [0.717, 1.165) is 0 Å². The van der Waals surface area contributed by atoms with E-state index in [1.54, 1.807) is 13.8 Å². The highest BCUT2D eigenvalue weighted by molar-refractivity contribution is 7.89. The maximum absolute atomic E-state index is 11.9. The smallest absolute Gasteiger partial charge is 0.242 e. The number of pyridine rings is 1. The van der Waals surface area contributed by atoms with Gasteiger partial charge in [0.15, 0.2) is 0 Å². The monoisotopic (exact) mass is 258 g/mol. The first kappa shape index (κ1) is 13.0. The van der Waals surface area contributed by atoms with E-state index in [1.165, 1.54) is 18.3 Å². The number of aromatic nitrogens is 1. The van der Waals surface area contributed by atoms with E-state index in [9.17, 15) is 8.42 Å². The molecule has 1 N–H and O–H groups in total. The Bertz CT molecular complexity index is 532. The molecule has 0 unspecified atom stereocenters. The van der Waals surface area contributed by atoms with Gasteiger partial charge in [-0.1, -0.05) is 17.5 Å². The van der Waals surface area contributed by atoms with E-state index in [4.69, 9.17) is 18.0 Å². The van der Waals surface area contributed by atoms with Crippen LogP contribution in [0.15, 0.2) is 23.2 Å². The second-order valence-electron chi connectivity index (χ2n) is 3.69. The minimum atomic E-state index is -3.67. The Morgan fingerprint density at radius 3 is 2.69 bits per heavy atom. The zero-order valence-electron chi connectivity index (χ0n) is 8.86. The Kier molecular flexibility index (Phi) is 3.58. The minimum absolute atomic E-state index is 0.0378. The molecule has 0 spiro atoms. The number of nitrogens with zero attached hydrogens (tertiary/aromatic N) is 1. The first-order chi connectivity index (χ1) is 7.27. The van der Waals surface area contributed by atoms with Crippen LogP contribution in [-0.4, -0.2) is 18.9 Å². The Labute approximate surface area is 100 Å². The summed E-state index contributed by atoms with van der Waals surface area (Å²) in [4.78, 5) is 3.74. The second-order valence-corrected chi connectivity index (χ2v) is 5.76. The molecule has 86 valence electrons. The SMILES string of the molecule is C#CC(C)(C)NS(=O)(=O)c1ccnc(Cl)c1. The fourth-order valence-electron chi connectivity index (χ4n) is 0.976. The van der Waals surface area contributed by atoms with Gasteiger partial charge in [0.25, 0.3) is 0 Å². The number of halogens is 1. The molecule has 0 fully saturated rings. The Morgan fingerprint density at radius 2 is 2.19 bits per heavy atom. The molecule has 4 nitrogen and oxygen atoms in total. The topological polar surface area (TPSA) is 59.1 Å². The van der Waals surface area contributed by atoms with Crippen molar-refractivity contribution in [3.63, 3.8) is 0 Å². The molecule has 1 rings (SSSR count). The number of hydrogen-bond donors (Lipinski definition) is 1. The van der Waals surface area contributed by atoms with E-state index in [-0.39, 0.29) is 10.0 Å². The molecule has 16 heavy (non-hydrogen) atoms. The maximum Gasteiger partial charge on any atom is 0.242 e. The molecule has 1 aromatic heterocycles. The van der Waals surface area contributed by atoms with Crippen molar-refractivity contribution >= 4 is 21.6 Å². The molecule has 0 amide bonds. The molecular formula is C10H11ClN2O2S. The van der Waals surface area contributed by atoms with Crippen LogP contribution in [0.4, 0.5) is 0 Å². The number of rotatable bonds is 3. The van der Waals surface area contributed by atoms with E-state index >= 15 is 0 Å². The summed E-state index contributed by atoms with van der Waals surface area (Å²) in [5.41, 5.74) is -0.950. The van der Waals surface area contributed by atoms with Gasteiger partial charge in [-0.2, -0.15) is 4.72 Å². The van der Waals surface area contributed by atoms with Crippen molar-refractivity contribution in [2.75, 3.05) is 0 Å². The molecular weight excluding hydrogens is 248 g/mol. The molecule has 0 radical (unpaired) electrons. The van der Waals surface area contributed by atoms with Crippen LogP contribution in [0.3, 0.4) is 0 Å². The number of sulfonamides is 1. The zero-order chi connectivity index (χ0) is 12.4. The zero-order valence-corrected chi connectivity index (χ0v) is 10.4. The lowest BCUT2D eigenvalue weighted by Gasteiger charge is -2.19. The third-order valence-electron chi connectivity index (χ3n) is 1.76. The Balaban J connectivity index is 3.10. The predicted molar refractivity (Wildman–Crippen MR) is 62.5 cm³/mol. The van der Waals surface area contributed by atoms with Crippen LogP contribution < -0.4 is 4.72 Å². The highest BCUT2D eigenvalue weighted by Gasteiger charge is 2.24. The predicted octanol–water partition coefficient (Wildman–Crippen LogP) is 1.43. The van der Waals surface area contributed by atoms with Crippen molar-refractivity contribution in [3.8, 4) is 12.3 Å². The minimum Gasteiger partial charge on any atom is -0.244 e. The largest absolute Gasteiger partial charge is 0.244 e. The quantitative estimate of drug-likeness (QED) is 0.659. The van der Waals surface area contributed by atoms with E-state index in [1.807, 2.05) is 0 Å². The van der Waals surface area contributed by atoms with Crippen LogP contribution in [0.25, 0.3) is 0 Å². The van der Waals surface area contributed by atoms with Crippen molar-refractivity contribution in [3.05, 3.63) is 23.5 Å². The summed E-state index contributed by atoms with van der Waals surface area (Å²) in [6.45, 7) is 3.18. The summed E-state index contributed by atoms with van der Waals surface area (Å²) in [5.74, 6) is 2.34. The molecule has 0 atom stereocenters. The third kappa shape index (κ3) is 3.20. The average Bonchev–Trinajstić information content (AvgIpc) is 2.16. The van der Waals surface area contributed by atoms with Crippen molar-refractivity contribution in [2.24, 2.45) is 0 Å². The van der Waals surface area contributed by atoms with Crippen molar-refractivity contribution in [2.45, 2.75) is 24.3 Å². The third-order valence-corrected chi connectivity index (χ3v) is 3.62. The van der Waals surface area contributed by atoms with Gasteiger partial charge in [-0.3, -0.25) is 0 Å². The van der Waals surface area contributed by atoms with Gasteiger partial charge in [-0.15, -0.1) is 6.42 Å². The maximum atomic E-state index is 11.9. The van der Waals surface area contributed by atoms with Gasteiger partial charge in [-0.25, -0.2) is 13.4 Å². The lowest BCUT2D eigenvalue weighted by Crippen LogP contribution is -2.41. The molecule has 1 heterocycles. The van der Waals surface area contributed by atoms with Crippen molar-refractivity contribution in [1.82, 2.24) is 9.71 Å². The molecule has 0 aliphatic heterocycles. The Morgan fingerprint density at radius 1 is 1.56 bits per heavy atom. The summed E-state index contributed by atoms with van der Waals surface area (Å²) in [6, 6.07) is 2.61. The molecule has 0 aliphatic rings. The van der Waals surface area contributed by atoms with Crippen LogP contribution >= 0.6 is 11.6 Å². The van der Waals surface area contributed by atoms with Crippen LogP contribution in [0, 0.1) is 12.3 Å². The molecule has 0 saturated heterocycles. The van der Waals surface area contributed by atoms with Gasteiger partial charge >= 0.3 is 0 Å². The molecule has 6 heteroatoms. The number of nitrogens with one attached hydrogen (secondary N) is 1. The van der Waals surface area contributed by atoms with Gasteiger partial charge in [0.2, 0.25) is 10.0 Å². The highest BCUT2D eigenvalue weighted by Crippen LogP contribution is 2.15. The summed E-state index contributed by atoms with van der Waals surface area (Å²) < 4.78 is 26.1. The van der Waals surface area contributed by atoms with Crippen LogP contribution in [-0.2, 0) is 10.0 Å². The lowest BCUT2D eigenvalue weighted by atomic mass is 10.1. The summed E-state index contributed by atoms with van der Waals surface area (Å²) >= 11 is 5.61. The molecule has 0 bridgehead atoms. The van der Waals surface area contributed by atoms with Crippen LogP contribution in [0.5, 0.6) is 0 Å². The Hall–Kier alpha value is -1.09. The fourth-order valence-corrected chi connectivity index (χ4v) is 2.57. The van der Waals surface area contributed by atoms with Gasteiger partial charge < -0.3 is 0 Å². The van der Waals surface area contributed by atoms with Crippen LogP contribution in [0.2, 0.25) is 5.15 Å². The van der Waals surface area contributed by atoms with Gasteiger partial charge in [0, 0.05) is 6.20 Å². The van der Waals surface area contributed by atoms with E-state index in [2.05, 4.69) is 15.6 Å². The number of terminal acetylenes is 1. The lowest BCUT2D eigenvalue weighted by molar-refractivity contribution is 0.539. The van der Waals surface area contributed by atoms with Crippen molar-refractivity contribution < 1.29 is 8.42 Å². The van der Waals surface area contributed by atoms with E-state index < -0.39 is 15.6 Å². The molecule has 0 aromatic carbocycles. The normalized spacial score (nSPS) is 12.1. The summed E-state index contributed by atoms with van der Waals surface area (Å²) in [7, 11) is -3.67. The summed E-state index contributed by atoms with van der Waals surface area (Å²) in [5, 5.41) is 0.112. The first-order valence-corrected chi connectivity index (χ1v) is 6.26. The number of hydrogen-bond acceptors (Lipinski definition) is 3. The standard InChI is InChI=1S/C10H11ClN2O2S/c1-4-10(2,3)13-16(14,15)8-5-6-12-9(11)7-8/h1,5-7,13H,2-3H3. The second kappa shape index (κ2) is 4.42. The molecule has 1 aromatic rings. The van der Waals surface area contributed by atoms with Gasteiger partial charge in [0.05, 0.1) is 10.4 Å². The average molecular weight is 259 g/mol. The highest BCUT2D eigenvalue weighted by atomic mass is 35.5. The van der Waals surface area contributed by atoms with E-state index in [0.29, 0.717) is 0 Å². The van der Waals surface area contributed by atoms with Gasteiger partial charge in [-0.05, 0) is 26.0 Å². The molecule has 0 saturated carbocycles.